The summed E-state index contributed by atoms with van der Waals surface area (Å²) in [6.45, 7) is 3.21. The third kappa shape index (κ3) is 3.83. The Morgan fingerprint density at radius 1 is 1.16 bits per heavy atom. The van der Waals surface area contributed by atoms with Gasteiger partial charge in [0.05, 0.1) is 10.9 Å². The van der Waals surface area contributed by atoms with Crippen LogP contribution < -0.4 is 11.0 Å². The van der Waals surface area contributed by atoms with Crippen LogP contribution in [0, 0.1) is 13.8 Å². The van der Waals surface area contributed by atoms with Gasteiger partial charge in [-0.1, -0.05) is 12.1 Å². The molecular formula is C19H16F3N7O2. The molecule has 0 radical (unpaired) electrons. The van der Waals surface area contributed by atoms with E-state index in [1.807, 2.05) is 0 Å². The minimum atomic E-state index is -4.69. The lowest BCUT2D eigenvalue weighted by Crippen LogP contribution is -2.33. The highest BCUT2D eigenvalue weighted by atomic mass is 19.4. The molecule has 12 heteroatoms. The summed E-state index contributed by atoms with van der Waals surface area (Å²) in [5.41, 5.74) is 3.99. The van der Waals surface area contributed by atoms with E-state index in [1.54, 1.807) is 38.1 Å². The quantitative estimate of drug-likeness (QED) is 0.531. The molecule has 4 rings (SSSR count). The van der Waals surface area contributed by atoms with Crippen LogP contribution in [0.15, 0.2) is 35.4 Å². The van der Waals surface area contributed by atoms with Gasteiger partial charge in [-0.05, 0) is 38.0 Å². The summed E-state index contributed by atoms with van der Waals surface area (Å²) in [5, 5.41) is 3.84. The predicted molar refractivity (Wildman–Crippen MR) is 104 cm³/mol. The van der Waals surface area contributed by atoms with Crippen molar-refractivity contribution in [1.82, 2.24) is 29.2 Å². The van der Waals surface area contributed by atoms with Gasteiger partial charge in [0.15, 0.2) is 0 Å². The van der Waals surface area contributed by atoms with Crippen LogP contribution in [0.5, 0.6) is 0 Å². The van der Waals surface area contributed by atoms with E-state index in [9.17, 15) is 22.8 Å². The van der Waals surface area contributed by atoms with Crippen molar-refractivity contribution in [1.29, 1.82) is 0 Å². The Balaban J connectivity index is 1.54. The van der Waals surface area contributed by atoms with Crippen LogP contribution in [-0.2, 0) is 17.4 Å². The third-order valence-corrected chi connectivity index (χ3v) is 4.82. The maximum Gasteiger partial charge on any atom is 0.453 e. The second kappa shape index (κ2) is 7.45. The SMILES string of the molecule is Cc1nc2nc(C(F)(F)F)nn2c(C)c1CCC(=O)Nn1cnc2ccccc2c1=O. The van der Waals surface area contributed by atoms with Gasteiger partial charge >= 0.3 is 6.18 Å². The summed E-state index contributed by atoms with van der Waals surface area (Å²) in [7, 11) is 0. The fourth-order valence-electron chi connectivity index (χ4n) is 3.27. The second-order valence-electron chi connectivity index (χ2n) is 6.88. The molecule has 0 saturated carbocycles. The van der Waals surface area contributed by atoms with E-state index >= 15 is 0 Å². The fraction of sp³-hybridized carbons (Fsp3) is 0.263. The number of carbonyl (C=O) groups excluding carboxylic acids is 1. The number of benzene rings is 1. The molecule has 0 unspecified atom stereocenters. The lowest BCUT2D eigenvalue weighted by molar-refractivity contribution is -0.144. The van der Waals surface area contributed by atoms with Gasteiger partial charge in [0.2, 0.25) is 5.91 Å². The van der Waals surface area contributed by atoms with Gasteiger partial charge in [-0.2, -0.15) is 18.2 Å². The number of aryl methyl sites for hydroxylation is 2. The zero-order valence-electron chi connectivity index (χ0n) is 16.4. The molecule has 3 aromatic heterocycles. The number of para-hydroxylation sites is 1. The highest BCUT2D eigenvalue weighted by Crippen LogP contribution is 2.27. The minimum absolute atomic E-state index is 0.0328. The van der Waals surface area contributed by atoms with Crippen LogP contribution in [0.4, 0.5) is 13.2 Å². The zero-order chi connectivity index (χ0) is 22.3. The van der Waals surface area contributed by atoms with Gasteiger partial charge in [0.25, 0.3) is 17.2 Å². The van der Waals surface area contributed by atoms with Crippen molar-refractivity contribution in [2.45, 2.75) is 32.9 Å². The Kier molecular flexibility index (Phi) is 4.91. The number of carbonyl (C=O) groups is 1. The molecule has 31 heavy (non-hydrogen) atoms. The van der Waals surface area contributed by atoms with E-state index in [-0.39, 0.29) is 18.6 Å². The van der Waals surface area contributed by atoms with Crippen LogP contribution in [0.1, 0.15) is 29.2 Å². The Morgan fingerprint density at radius 3 is 2.65 bits per heavy atom. The van der Waals surface area contributed by atoms with Gasteiger partial charge in [0, 0.05) is 17.8 Å². The standard InChI is InChI=1S/C19H16F3N7O2/c1-10-12(11(2)29-18(24-10)25-17(27-29)19(20,21)22)7-8-15(30)26-28-9-23-14-6-4-3-5-13(14)16(28)31/h3-6,9H,7-8H2,1-2H3,(H,26,30). The molecule has 4 aromatic rings. The molecule has 1 amide bonds. The average molecular weight is 431 g/mol. The highest BCUT2D eigenvalue weighted by molar-refractivity contribution is 5.84. The zero-order valence-corrected chi connectivity index (χ0v) is 16.4. The first-order valence-corrected chi connectivity index (χ1v) is 9.21. The van der Waals surface area contributed by atoms with E-state index in [0.29, 0.717) is 27.9 Å². The number of hydrogen-bond acceptors (Lipinski definition) is 6. The molecule has 1 N–H and O–H groups in total. The third-order valence-electron chi connectivity index (χ3n) is 4.82. The summed E-state index contributed by atoms with van der Waals surface area (Å²) >= 11 is 0. The molecule has 0 atom stereocenters. The maximum atomic E-state index is 12.9. The van der Waals surface area contributed by atoms with Crippen molar-refractivity contribution in [3.63, 3.8) is 0 Å². The number of amides is 1. The Hall–Kier alpha value is -3.83. The Morgan fingerprint density at radius 2 is 1.90 bits per heavy atom. The van der Waals surface area contributed by atoms with Crippen molar-refractivity contribution in [2.75, 3.05) is 5.43 Å². The van der Waals surface area contributed by atoms with E-state index in [1.165, 1.54) is 6.33 Å². The normalized spacial score (nSPS) is 11.9. The van der Waals surface area contributed by atoms with Crippen LogP contribution in [0.3, 0.4) is 0 Å². The number of rotatable bonds is 4. The van der Waals surface area contributed by atoms with Crippen molar-refractivity contribution < 1.29 is 18.0 Å². The van der Waals surface area contributed by atoms with Crippen LogP contribution in [0.2, 0.25) is 0 Å². The minimum Gasteiger partial charge on any atom is -0.273 e. The molecule has 0 aliphatic heterocycles. The predicted octanol–water partition coefficient (Wildman–Crippen LogP) is 2.17. The molecule has 0 fully saturated rings. The van der Waals surface area contributed by atoms with Crippen LogP contribution in [-0.4, -0.2) is 35.1 Å². The monoisotopic (exact) mass is 431 g/mol. The lowest BCUT2D eigenvalue weighted by atomic mass is 10.1. The molecule has 1 aromatic carbocycles. The number of fused-ring (bicyclic) bond motifs is 2. The van der Waals surface area contributed by atoms with Gasteiger partial charge in [-0.15, -0.1) is 5.10 Å². The van der Waals surface area contributed by atoms with Crippen molar-refractivity contribution in [2.24, 2.45) is 0 Å². The van der Waals surface area contributed by atoms with Crippen molar-refractivity contribution >= 4 is 22.6 Å². The lowest BCUT2D eigenvalue weighted by Gasteiger charge is -2.11. The Bertz CT molecular complexity index is 1370. The number of nitrogens with zero attached hydrogens (tertiary/aromatic N) is 6. The van der Waals surface area contributed by atoms with E-state index in [2.05, 4.69) is 25.5 Å². The molecule has 0 bridgehead atoms. The number of nitrogens with one attached hydrogen (secondary N) is 1. The topological polar surface area (TPSA) is 107 Å². The van der Waals surface area contributed by atoms with Crippen LogP contribution in [0.25, 0.3) is 16.7 Å². The van der Waals surface area contributed by atoms with E-state index < -0.39 is 23.5 Å². The molecule has 9 nitrogen and oxygen atoms in total. The summed E-state index contributed by atoms with van der Waals surface area (Å²) in [6.07, 6.45) is -3.31. The summed E-state index contributed by atoms with van der Waals surface area (Å²) < 4.78 is 40.7. The molecule has 0 spiro atoms. The molecule has 0 aliphatic rings. The van der Waals surface area contributed by atoms with Crippen molar-refractivity contribution in [3.05, 3.63) is 63.7 Å². The molecular weight excluding hydrogens is 415 g/mol. The maximum absolute atomic E-state index is 12.9. The van der Waals surface area contributed by atoms with Gasteiger partial charge < -0.3 is 0 Å². The largest absolute Gasteiger partial charge is 0.453 e. The molecule has 0 aliphatic carbocycles. The number of hydrogen-bond donors (Lipinski definition) is 1. The second-order valence-corrected chi connectivity index (χ2v) is 6.88. The van der Waals surface area contributed by atoms with E-state index in [0.717, 1.165) is 9.19 Å². The molecule has 3 heterocycles. The van der Waals surface area contributed by atoms with Gasteiger partial charge in [-0.25, -0.2) is 19.2 Å². The first kappa shape index (κ1) is 20.4. The number of aromatic nitrogens is 6. The Labute approximate surface area is 172 Å². The van der Waals surface area contributed by atoms with Gasteiger partial charge in [-0.3, -0.25) is 15.0 Å². The van der Waals surface area contributed by atoms with E-state index in [4.69, 9.17) is 0 Å². The summed E-state index contributed by atoms with van der Waals surface area (Å²) in [4.78, 5) is 36.5. The number of alkyl halides is 3. The van der Waals surface area contributed by atoms with Gasteiger partial charge in [0.1, 0.15) is 6.33 Å². The summed E-state index contributed by atoms with van der Waals surface area (Å²) in [5.74, 6) is -1.91. The molecule has 0 saturated heterocycles. The van der Waals surface area contributed by atoms with Crippen LogP contribution >= 0.6 is 0 Å². The average Bonchev–Trinajstić information content (AvgIpc) is 3.15. The van der Waals surface area contributed by atoms with Crippen molar-refractivity contribution in [3.8, 4) is 0 Å². The summed E-state index contributed by atoms with van der Waals surface area (Å²) in [6, 6.07) is 6.74. The fourth-order valence-corrected chi connectivity index (χ4v) is 3.27. The first-order chi connectivity index (χ1) is 14.6. The highest BCUT2D eigenvalue weighted by Gasteiger charge is 2.37. The first-order valence-electron chi connectivity index (χ1n) is 9.21. The molecule has 160 valence electrons. The smallest absolute Gasteiger partial charge is 0.273 e. The number of halogens is 3.